The second kappa shape index (κ2) is 5.13. The number of halogens is 1. The summed E-state index contributed by atoms with van der Waals surface area (Å²) in [5.74, 6) is -0.431. The van der Waals surface area contributed by atoms with Crippen molar-refractivity contribution in [3.63, 3.8) is 0 Å². The van der Waals surface area contributed by atoms with Crippen LogP contribution < -0.4 is 11.1 Å². The summed E-state index contributed by atoms with van der Waals surface area (Å²) in [4.78, 5) is 0.0237. The van der Waals surface area contributed by atoms with E-state index in [9.17, 15) is 12.8 Å². The predicted octanol–water partition coefficient (Wildman–Crippen LogP) is 2.86. The molecule has 0 spiro atoms. The molecule has 4 nitrogen and oxygen atoms in total. The standard InChI is InChI=1S/C14H15FN2O2S/c1-9-6-7-10(15)12(8-9)17-11-4-3-5-13(14(11)16)20(2,18)19/h3-8,17H,16H2,1-2H3. The van der Waals surface area contributed by atoms with Crippen molar-refractivity contribution >= 4 is 26.9 Å². The van der Waals surface area contributed by atoms with Gasteiger partial charge < -0.3 is 11.1 Å². The molecule has 0 fully saturated rings. The highest BCUT2D eigenvalue weighted by molar-refractivity contribution is 7.90. The molecule has 0 aromatic heterocycles. The minimum Gasteiger partial charge on any atom is -0.396 e. The van der Waals surface area contributed by atoms with Gasteiger partial charge in [-0.15, -0.1) is 0 Å². The SMILES string of the molecule is Cc1ccc(F)c(Nc2cccc(S(C)(=O)=O)c2N)c1. The van der Waals surface area contributed by atoms with E-state index in [1.165, 1.54) is 12.1 Å². The van der Waals surface area contributed by atoms with Gasteiger partial charge in [0.2, 0.25) is 0 Å². The fraction of sp³-hybridized carbons (Fsp3) is 0.143. The van der Waals surface area contributed by atoms with Crippen molar-refractivity contribution in [2.45, 2.75) is 11.8 Å². The Morgan fingerprint density at radius 2 is 1.85 bits per heavy atom. The topological polar surface area (TPSA) is 72.2 Å². The van der Waals surface area contributed by atoms with Crippen molar-refractivity contribution in [2.24, 2.45) is 0 Å². The molecular weight excluding hydrogens is 279 g/mol. The summed E-state index contributed by atoms with van der Waals surface area (Å²) in [7, 11) is -3.43. The Morgan fingerprint density at radius 3 is 2.50 bits per heavy atom. The second-order valence-electron chi connectivity index (χ2n) is 4.60. The lowest BCUT2D eigenvalue weighted by Gasteiger charge is -2.13. The molecule has 0 aliphatic rings. The average molecular weight is 294 g/mol. The molecule has 0 saturated heterocycles. The molecule has 6 heteroatoms. The van der Waals surface area contributed by atoms with Gasteiger partial charge in [0.1, 0.15) is 5.82 Å². The third-order valence-corrected chi connectivity index (χ3v) is 4.01. The largest absolute Gasteiger partial charge is 0.396 e. The third kappa shape index (κ3) is 2.91. The zero-order valence-electron chi connectivity index (χ0n) is 11.1. The number of nitrogens with two attached hydrogens (primary N) is 1. The van der Waals surface area contributed by atoms with Crippen LogP contribution in [0.25, 0.3) is 0 Å². The van der Waals surface area contributed by atoms with Gasteiger partial charge >= 0.3 is 0 Å². The van der Waals surface area contributed by atoms with E-state index in [-0.39, 0.29) is 16.3 Å². The van der Waals surface area contributed by atoms with Crippen LogP contribution in [0.2, 0.25) is 0 Å². The summed E-state index contributed by atoms with van der Waals surface area (Å²) in [6.07, 6.45) is 1.08. The highest BCUT2D eigenvalue weighted by Gasteiger charge is 2.14. The van der Waals surface area contributed by atoms with Crippen LogP contribution in [-0.2, 0) is 9.84 Å². The van der Waals surface area contributed by atoms with Crippen LogP contribution >= 0.6 is 0 Å². The molecule has 2 aromatic rings. The number of nitrogen functional groups attached to an aromatic ring is 1. The minimum absolute atomic E-state index is 0.0237. The molecule has 0 radical (unpaired) electrons. The molecule has 2 rings (SSSR count). The number of nitrogens with one attached hydrogen (secondary N) is 1. The van der Waals surface area contributed by atoms with Crippen molar-refractivity contribution in [3.05, 3.63) is 47.8 Å². The Morgan fingerprint density at radius 1 is 1.15 bits per heavy atom. The van der Waals surface area contributed by atoms with Gasteiger partial charge in [0.05, 0.1) is 22.0 Å². The molecule has 2 aromatic carbocycles. The van der Waals surface area contributed by atoms with E-state index in [2.05, 4.69) is 5.32 Å². The number of anilines is 3. The lowest BCUT2D eigenvalue weighted by atomic mass is 10.2. The highest BCUT2D eigenvalue weighted by atomic mass is 32.2. The molecule has 0 aliphatic heterocycles. The van der Waals surface area contributed by atoms with Crippen molar-refractivity contribution in [1.29, 1.82) is 0 Å². The molecule has 0 heterocycles. The molecule has 0 atom stereocenters. The first-order chi connectivity index (χ1) is 9.29. The summed E-state index contributed by atoms with van der Waals surface area (Å²) in [5.41, 5.74) is 7.41. The van der Waals surface area contributed by atoms with E-state index in [0.717, 1.165) is 11.8 Å². The van der Waals surface area contributed by atoms with Gasteiger partial charge in [-0.2, -0.15) is 0 Å². The Hall–Kier alpha value is -2.08. The maximum atomic E-state index is 13.7. The van der Waals surface area contributed by atoms with Crippen molar-refractivity contribution < 1.29 is 12.8 Å². The number of aryl methyl sites for hydroxylation is 1. The minimum atomic E-state index is -3.43. The monoisotopic (exact) mass is 294 g/mol. The first-order valence-corrected chi connectivity index (χ1v) is 7.80. The number of rotatable bonds is 3. The molecule has 0 bridgehead atoms. The fourth-order valence-corrected chi connectivity index (χ4v) is 2.69. The normalized spacial score (nSPS) is 11.3. The van der Waals surface area contributed by atoms with E-state index >= 15 is 0 Å². The van der Waals surface area contributed by atoms with Crippen LogP contribution in [0, 0.1) is 12.7 Å². The van der Waals surface area contributed by atoms with E-state index in [0.29, 0.717) is 5.69 Å². The second-order valence-corrected chi connectivity index (χ2v) is 6.58. The fourth-order valence-electron chi connectivity index (χ4n) is 1.86. The van der Waals surface area contributed by atoms with Crippen LogP contribution in [0.3, 0.4) is 0 Å². The average Bonchev–Trinajstić information content (AvgIpc) is 2.35. The smallest absolute Gasteiger partial charge is 0.177 e. The molecular formula is C14H15FN2O2S. The van der Waals surface area contributed by atoms with Crippen molar-refractivity contribution in [1.82, 2.24) is 0 Å². The maximum Gasteiger partial charge on any atom is 0.177 e. The van der Waals surface area contributed by atoms with Gasteiger partial charge in [0.15, 0.2) is 9.84 Å². The van der Waals surface area contributed by atoms with Crippen LogP contribution in [0.4, 0.5) is 21.5 Å². The van der Waals surface area contributed by atoms with Gasteiger partial charge in [-0.3, -0.25) is 0 Å². The van der Waals surface area contributed by atoms with E-state index in [1.54, 1.807) is 24.3 Å². The number of sulfone groups is 1. The van der Waals surface area contributed by atoms with Gasteiger partial charge in [-0.1, -0.05) is 12.1 Å². The number of benzene rings is 2. The molecule has 20 heavy (non-hydrogen) atoms. The Labute approximate surface area is 117 Å². The number of hydrogen-bond donors (Lipinski definition) is 2. The van der Waals surface area contributed by atoms with E-state index < -0.39 is 15.7 Å². The summed E-state index contributed by atoms with van der Waals surface area (Å²) in [5, 5.41) is 2.83. The van der Waals surface area contributed by atoms with E-state index in [1.807, 2.05) is 6.92 Å². The molecule has 0 amide bonds. The van der Waals surface area contributed by atoms with Crippen LogP contribution in [0.15, 0.2) is 41.3 Å². The summed E-state index contributed by atoms with van der Waals surface area (Å²) >= 11 is 0. The first kappa shape index (κ1) is 14.3. The molecule has 106 valence electrons. The first-order valence-electron chi connectivity index (χ1n) is 5.91. The maximum absolute atomic E-state index is 13.7. The van der Waals surface area contributed by atoms with Crippen molar-refractivity contribution in [3.8, 4) is 0 Å². The lowest BCUT2D eigenvalue weighted by molar-refractivity contribution is 0.602. The van der Waals surface area contributed by atoms with Gasteiger partial charge in [-0.25, -0.2) is 12.8 Å². The van der Waals surface area contributed by atoms with Gasteiger partial charge in [0.25, 0.3) is 0 Å². The summed E-state index contributed by atoms with van der Waals surface area (Å²) in [6.45, 7) is 1.83. The zero-order chi connectivity index (χ0) is 14.9. The highest BCUT2D eigenvalue weighted by Crippen LogP contribution is 2.30. The van der Waals surface area contributed by atoms with Crippen molar-refractivity contribution in [2.75, 3.05) is 17.3 Å². The Balaban J connectivity index is 2.47. The van der Waals surface area contributed by atoms with Gasteiger partial charge in [0, 0.05) is 6.26 Å². The summed E-state index contributed by atoms with van der Waals surface area (Å²) in [6, 6.07) is 9.20. The zero-order valence-corrected chi connectivity index (χ0v) is 12.0. The lowest BCUT2D eigenvalue weighted by Crippen LogP contribution is -2.05. The molecule has 0 aliphatic carbocycles. The van der Waals surface area contributed by atoms with Crippen LogP contribution in [0.1, 0.15) is 5.56 Å². The van der Waals surface area contributed by atoms with E-state index in [4.69, 9.17) is 5.73 Å². The Kier molecular flexibility index (Phi) is 3.67. The predicted molar refractivity (Wildman–Crippen MR) is 78.4 cm³/mol. The van der Waals surface area contributed by atoms with Gasteiger partial charge in [-0.05, 0) is 36.8 Å². The Bertz CT molecular complexity index is 758. The molecule has 0 saturated carbocycles. The number of para-hydroxylation sites is 1. The molecule has 0 unspecified atom stereocenters. The van der Waals surface area contributed by atoms with Crippen LogP contribution in [-0.4, -0.2) is 14.7 Å². The third-order valence-electron chi connectivity index (χ3n) is 2.86. The quantitative estimate of drug-likeness (QED) is 0.854. The molecule has 3 N–H and O–H groups in total. The van der Waals surface area contributed by atoms with Crippen LogP contribution in [0.5, 0.6) is 0 Å². The summed E-state index contributed by atoms with van der Waals surface area (Å²) < 4.78 is 36.9. The number of hydrogen-bond acceptors (Lipinski definition) is 4.